The molecular formula is C24H22ClN5O3. The molecule has 1 aliphatic heterocycles. The molecule has 4 rings (SSSR count). The van der Waals surface area contributed by atoms with E-state index >= 15 is 0 Å². The zero-order chi connectivity index (χ0) is 23.5. The molecule has 0 saturated heterocycles. The van der Waals surface area contributed by atoms with Gasteiger partial charge in [-0.05, 0) is 48.9 Å². The molecule has 8 nitrogen and oxygen atoms in total. The summed E-state index contributed by atoms with van der Waals surface area (Å²) >= 11 is 5.92. The SMILES string of the molecule is COn1c(NC(C)c2ccc(C#N)cc2)nc2c(c1=O)CN(C(=O)c1ccc(Cl)cc1)CC2. The topological polar surface area (TPSA) is 100 Å². The first-order valence-corrected chi connectivity index (χ1v) is 10.8. The number of amides is 1. The number of carbonyl (C=O) groups is 1. The van der Waals surface area contributed by atoms with Crippen LogP contribution in [-0.4, -0.2) is 34.2 Å². The third-order valence-electron chi connectivity index (χ3n) is 5.64. The number of benzene rings is 2. The summed E-state index contributed by atoms with van der Waals surface area (Å²) in [6, 6.07) is 15.8. The number of carbonyl (C=O) groups excluding carboxylic acids is 1. The minimum atomic E-state index is -0.356. The Hall–Kier alpha value is -3.83. The lowest BCUT2D eigenvalue weighted by atomic mass is 10.1. The van der Waals surface area contributed by atoms with Crippen LogP contribution in [0.5, 0.6) is 0 Å². The fraction of sp³-hybridized carbons (Fsp3) is 0.250. The molecule has 33 heavy (non-hydrogen) atoms. The van der Waals surface area contributed by atoms with E-state index in [0.29, 0.717) is 40.4 Å². The van der Waals surface area contributed by atoms with Gasteiger partial charge in [0.25, 0.3) is 11.5 Å². The third kappa shape index (κ3) is 4.54. The number of fused-ring (bicyclic) bond motifs is 1. The number of aromatic nitrogens is 2. The summed E-state index contributed by atoms with van der Waals surface area (Å²) in [5, 5.41) is 12.8. The van der Waals surface area contributed by atoms with Gasteiger partial charge in [0.05, 0.1) is 35.5 Å². The van der Waals surface area contributed by atoms with Crippen molar-refractivity contribution in [3.05, 3.63) is 91.9 Å². The van der Waals surface area contributed by atoms with Crippen molar-refractivity contribution in [3.63, 3.8) is 0 Å². The van der Waals surface area contributed by atoms with Gasteiger partial charge in [-0.2, -0.15) is 5.26 Å². The van der Waals surface area contributed by atoms with Crippen molar-refractivity contribution in [2.24, 2.45) is 0 Å². The van der Waals surface area contributed by atoms with Crippen LogP contribution in [0.2, 0.25) is 5.02 Å². The quantitative estimate of drug-likeness (QED) is 0.623. The highest BCUT2D eigenvalue weighted by atomic mass is 35.5. The van der Waals surface area contributed by atoms with Crippen LogP contribution in [0.25, 0.3) is 0 Å². The molecule has 9 heteroatoms. The molecule has 1 atom stereocenters. The summed E-state index contributed by atoms with van der Waals surface area (Å²) in [4.78, 5) is 37.7. The summed E-state index contributed by atoms with van der Waals surface area (Å²) in [7, 11) is 1.40. The van der Waals surface area contributed by atoms with Crippen molar-refractivity contribution in [1.82, 2.24) is 14.6 Å². The monoisotopic (exact) mass is 463 g/mol. The molecule has 0 saturated carbocycles. The predicted octanol–water partition coefficient (Wildman–Crippen LogP) is 3.20. The Bertz CT molecular complexity index is 1280. The lowest BCUT2D eigenvalue weighted by Gasteiger charge is -2.29. The number of halogens is 1. The number of nitrogens with zero attached hydrogens (tertiary/aromatic N) is 4. The van der Waals surface area contributed by atoms with Crippen LogP contribution < -0.4 is 15.7 Å². The molecule has 0 bridgehead atoms. The van der Waals surface area contributed by atoms with Crippen molar-refractivity contribution in [2.75, 3.05) is 19.0 Å². The van der Waals surface area contributed by atoms with E-state index in [0.717, 1.165) is 10.3 Å². The number of hydrogen-bond acceptors (Lipinski definition) is 6. The standard InChI is InChI=1S/C24H22ClN5O3/c1-15(17-5-3-16(13-26)4-6-17)27-24-28-21-11-12-29(14-20(21)23(32)30(24)33-2)22(31)18-7-9-19(25)10-8-18/h3-10,15H,11-12,14H2,1-2H3,(H,27,28). The van der Waals surface area contributed by atoms with Crippen molar-refractivity contribution < 1.29 is 9.63 Å². The predicted molar refractivity (Wildman–Crippen MR) is 124 cm³/mol. The Kier molecular flexibility index (Phi) is 6.33. The highest BCUT2D eigenvalue weighted by Gasteiger charge is 2.27. The second-order valence-corrected chi connectivity index (χ2v) is 8.16. The second kappa shape index (κ2) is 9.35. The maximum absolute atomic E-state index is 13.2. The highest BCUT2D eigenvalue weighted by molar-refractivity contribution is 6.30. The van der Waals surface area contributed by atoms with Crippen LogP contribution in [0, 0.1) is 11.3 Å². The van der Waals surface area contributed by atoms with Gasteiger partial charge in [0.2, 0.25) is 5.95 Å². The molecule has 1 aromatic heterocycles. The van der Waals surface area contributed by atoms with Crippen LogP contribution in [0.15, 0.2) is 53.3 Å². The van der Waals surface area contributed by atoms with E-state index in [4.69, 9.17) is 21.7 Å². The number of nitrogens with one attached hydrogen (secondary N) is 1. The molecule has 0 fully saturated rings. The number of anilines is 1. The minimum absolute atomic E-state index is 0.150. The van der Waals surface area contributed by atoms with Crippen LogP contribution in [-0.2, 0) is 13.0 Å². The normalized spacial score (nSPS) is 13.6. The Morgan fingerprint density at radius 3 is 2.55 bits per heavy atom. The van der Waals surface area contributed by atoms with Gasteiger partial charge in [0.15, 0.2) is 0 Å². The maximum atomic E-state index is 13.2. The zero-order valence-corrected chi connectivity index (χ0v) is 19.0. The minimum Gasteiger partial charge on any atom is -0.411 e. The molecule has 3 aromatic rings. The number of nitriles is 1. The average Bonchev–Trinajstić information content (AvgIpc) is 2.84. The first-order chi connectivity index (χ1) is 15.9. The van der Waals surface area contributed by atoms with Gasteiger partial charge in [-0.15, -0.1) is 4.73 Å². The van der Waals surface area contributed by atoms with Crippen LogP contribution in [0.1, 0.15) is 45.7 Å². The summed E-state index contributed by atoms with van der Waals surface area (Å²) in [5.74, 6) is 0.118. The van der Waals surface area contributed by atoms with E-state index in [1.807, 2.05) is 19.1 Å². The van der Waals surface area contributed by atoms with Gasteiger partial charge in [0, 0.05) is 23.6 Å². The summed E-state index contributed by atoms with van der Waals surface area (Å²) in [6.45, 7) is 2.53. The largest absolute Gasteiger partial charge is 0.411 e. The van der Waals surface area contributed by atoms with E-state index in [-0.39, 0.29) is 30.0 Å². The van der Waals surface area contributed by atoms with Crippen LogP contribution in [0.3, 0.4) is 0 Å². The Morgan fingerprint density at radius 1 is 1.21 bits per heavy atom. The molecule has 2 aromatic carbocycles. The first kappa shape index (κ1) is 22.4. The van der Waals surface area contributed by atoms with E-state index < -0.39 is 0 Å². The number of hydrogen-bond donors (Lipinski definition) is 1. The van der Waals surface area contributed by atoms with Crippen molar-refractivity contribution in [3.8, 4) is 6.07 Å². The maximum Gasteiger partial charge on any atom is 0.293 e. The average molecular weight is 464 g/mol. The lowest BCUT2D eigenvalue weighted by Crippen LogP contribution is -2.42. The summed E-state index contributed by atoms with van der Waals surface area (Å²) < 4.78 is 1.11. The molecule has 1 aliphatic rings. The van der Waals surface area contributed by atoms with Gasteiger partial charge in [0.1, 0.15) is 7.11 Å². The molecule has 1 N–H and O–H groups in total. The molecule has 0 spiro atoms. The Labute approximate surface area is 196 Å². The van der Waals surface area contributed by atoms with Gasteiger partial charge >= 0.3 is 0 Å². The smallest absolute Gasteiger partial charge is 0.293 e. The van der Waals surface area contributed by atoms with E-state index in [2.05, 4.69) is 16.4 Å². The zero-order valence-electron chi connectivity index (χ0n) is 18.2. The van der Waals surface area contributed by atoms with E-state index in [1.165, 1.54) is 7.11 Å². The van der Waals surface area contributed by atoms with Gasteiger partial charge in [-0.1, -0.05) is 23.7 Å². The second-order valence-electron chi connectivity index (χ2n) is 7.73. The lowest BCUT2D eigenvalue weighted by molar-refractivity contribution is 0.0728. The molecule has 2 heterocycles. The Balaban J connectivity index is 1.59. The fourth-order valence-corrected chi connectivity index (χ4v) is 3.92. The Morgan fingerprint density at radius 2 is 1.91 bits per heavy atom. The molecular weight excluding hydrogens is 442 g/mol. The van der Waals surface area contributed by atoms with Gasteiger partial charge in [-0.25, -0.2) is 4.98 Å². The highest BCUT2D eigenvalue weighted by Crippen LogP contribution is 2.22. The number of rotatable bonds is 5. The summed E-state index contributed by atoms with van der Waals surface area (Å²) in [6.07, 6.45) is 0.453. The molecule has 168 valence electrons. The van der Waals surface area contributed by atoms with Crippen LogP contribution >= 0.6 is 11.6 Å². The molecule has 1 unspecified atom stereocenters. The van der Waals surface area contributed by atoms with Gasteiger partial charge in [-0.3, -0.25) is 9.59 Å². The van der Waals surface area contributed by atoms with Crippen LogP contribution in [0.4, 0.5) is 5.95 Å². The van der Waals surface area contributed by atoms with Crippen molar-refractivity contribution in [1.29, 1.82) is 5.26 Å². The molecule has 1 amide bonds. The van der Waals surface area contributed by atoms with Gasteiger partial charge < -0.3 is 15.1 Å². The first-order valence-electron chi connectivity index (χ1n) is 10.4. The van der Waals surface area contributed by atoms with E-state index in [9.17, 15) is 9.59 Å². The molecule has 0 radical (unpaired) electrons. The third-order valence-corrected chi connectivity index (χ3v) is 5.89. The van der Waals surface area contributed by atoms with Crippen molar-refractivity contribution in [2.45, 2.75) is 25.9 Å². The summed E-state index contributed by atoms with van der Waals surface area (Å²) in [5.41, 5.74) is 2.74. The van der Waals surface area contributed by atoms with Crippen molar-refractivity contribution >= 4 is 23.5 Å². The molecule has 0 aliphatic carbocycles. The fourth-order valence-electron chi connectivity index (χ4n) is 3.79. The van der Waals surface area contributed by atoms with E-state index in [1.54, 1.807) is 41.3 Å².